The van der Waals surface area contributed by atoms with Gasteiger partial charge in [0.1, 0.15) is 25.0 Å². The molecule has 9 nitrogen and oxygen atoms in total. The highest BCUT2D eigenvalue weighted by Crippen LogP contribution is 1.84. The minimum Gasteiger partial charge on any atom is -0.347 e. The number of rotatable bonds is 4. The number of hydrogen-bond donors (Lipinski definition) is 2. The van der Waals surface area contributed by atoms with Crippen LogP contribution >= 0.6 is 0 Å². The fourth-order valence-electron chi connectivity index (χ4n) is 0.954. The molecule has 2 N–H and O–H groups in total. The fourth-order valence-corrected chi connectivity index (χ4v) is 0.954. The average Bonchev–Trinajstić information content (AvgIpc) is 2.86. The Hall–Kier alpha value is -2.32. The fraction of sp³-hybridized carbons (Fsp3) is 0.333. The van der Waals surface area contributed by atoms with Crippen LogP contribution in [0.3, 0.4) is 0 Å². The van der Waals surface area contributed by atoms with Crippen molar-refractivity contribution in [1.82, 2.24) is 40.7 Å². The molecule has 0 aliphatic rings. The van der Waals surface area contributed by atoms with Gasteiger partial charge in [0.25, 0.3) is 0 Å². The molecular formula is C6H8N8O. The Morgan fingerprint density at radius 3 is 3.20 bits per heavy atom. The summed E-state index contributed by atoms with van der Waals surface area (Å²) in [5, 5.41) is 19.3. The molecule has 0 aromatic carbocycles. The van der Waals surface area contributed by atoms with E-state index >= 15 is 0 Å². The van der Waals surface area contributed by atoms with Crippen molar-refractivity contribution in [2.45, 2.75) is 13.1 Å². The predicted molar refractivity (Wildman–Crippen MR) is 46.0 cm³/mol. The third-order valence-corrected chi connectivity index (χ3v) is 1.61. The van der Waals surface area contributed by atoms with E-state index in [9.17, 15) is 4.79 Å². The minimum atomic E-state index is -0.196. The molecule has 0 saturated heterocycles. The molecule has 2 aromatic rings. The van der Waals surface area contributed by atoms with Gasteiger partial charge in [0.2, 0.25) is 5.91 Å². The summed E-state index contributed by atoms with van der Waals surface area (Å²) in [6.07, 6.45) is 2.75. The normalized spacial score (nSPS) is 10.1. The summed E-state index contributed by atoms with van der Waals surface area (Å²) >= 11 is 0. The van der Waals surface area contributed by atoms with E-state index in [4.69, 9.17) is 0 Å². The first-order valence-electron chi connectivity index (χ1n) is 4.16. The van der Waals surface area contributed by atoms with E-state index in [1.807, 2.05) is 0 Å². The van der Waals surface area contributed by atoms with Crippen LogP contribution in [0.25, 0.3) is 0 Å². The number of hydrogen-bond acceptors (Lipinski definition) is 6. The topological polar surface area (TPSA) is 114 Å². The number of nitrogens with one attached hydrogen (secondary N) is 2. The van der Waals surface area contributed by atoms with Crippen molar-refractivity contribution in [3.8, 4) is 0 Å². The molecule has 0 aliphatic carbocycles. The molecule has 0 spiro atoms. The molecule has 1 amide bonds. The third-order valence-electron chi connectivity index (χ3n) is 1.61. The van der Waals surface area contributed by atoms with E-state index < -0.39 is 0 Å². The third kappa shape index (κ3) is 2.56. The van der Waals surface area contributed by atoms with E-state index in [0.29, 0.717) is 12.4 Å². The van der Waals surface area contributed by atoms with E-state index in [1.165, 1.54) is 17.3 Å². The van der Waals surface area contributed by atoms with Crippen LogP contribution in [0.1, 0.15) is 5.82 Å². The summed E-state index contributed by atoms with van der Waals surface area (Å²) in [5.41, 5.74) is 0. The van der Waals surface area contributed by atoms with Gasteiger partial charge in [-0.05, 0) is 10.4 Å². The summed E-state index contributed by atoms with van der Waals surface area (Å²) in [5.74, 6) is 0.402. The van der Waals surface area contributed by atoms with Gasteiger partial charge in [0.05, 0.1) is 6.54 Å². The monoisotopic (exact) mass is 208 g/mol. The number of tetrazole rings is 1. The van der Waals surface area contributed by atoms with Crippen LogP contribution in [-0.4, -0.2) is 41.3 Å². The molecule has 2 heterocycles. The lowest BCUT2D eigenvalue weighted by Crippen LogP contribution is -2.27. The predicted octanol–water partition coefficient (Wildman–Crippen LogP) is -1.89. The SMILES string of the molecule is O=C(Cn1cnnn1)NCc1ncn[nH]1. The smallest absolute Gasteiger partial charge is 0.242 e. The lowest BCUT2D eigenvalue weighted by molar-refractivity contribution is -0.122. The Bertz CT molecular complexity index is 406. The van der Waals surface area contributed by atoms with Gasteiger partial charge in [-0.25, -0.2) is 9.67 Å². The molecule has 9 heteroatoms. The second-order valence-electron chi connectivity index (χ2n) is 2.72. The van der Waals surface area contributed by atoms with Crippen LogP contribution in [0.2, 0.25) is 0 Å². The summed E-state index contributed by atoms with van der Waals surface area (Å²) in [6, 6.07) is 0. The van der Waals surface area contributed by atoms with Gasteiger partial charge in [0, 0.05) is 0 Å². The number of H-pyrrole nitrogens is 1. The summed E-state index contributed by atoms with van der Waals surface area (Å²) in [7, 11) is 0. The van der Waals surface area contributed by atoms with Crippen molar-refractivity contribution in [1.29, 1.82) is 0 Å². The first-order chi connectivity index (χ1) is 7.34. The Balaban J connectivity index is 1.78. The highest BCUT2D eigenvalue weighted by molar-refractivity contribution is 5.75. The van der Waals surface area contributed by atoms with Crippen LogP contribution < -0.4 is 5.32 Å². The largest absolute Gasteiger partial charge is 0.347 e. The average molecular weight is 208 g/mol. The number of amides is 1. The molecule has 0 fully saturated rings. The van der Waals surface area contributed by atoms with Crippen molar-refractivity contribution in [2.24, 2.45) is 0 Å². The zero-order valence-electron chi connectivity index (χ0n) is 7.66. The molecule has 0 bridgehead atoms. The van der Waals surface area contributed by atoms with Crippen LogP contribution in [0.4, 0.5) is 0 Å². The van der Waals surface area contributed by atoms with Crippen LogP contribution in [0.15, 0.2) is 12.7 Å². The van der Waals surface area contributed by atoms with Gasteiger partial charge in [-0.3, -0.25) is 9.89 Å². The summed E-state index contributed by atoms with van der Waals surface area (Å²) in [6.45, 7) is 0.391. The van der Waals surface area contributed by atoms with Crippen LogP contribution in [0, 0.1) is 0 Å². The molecule has 78 valence electrons. The Morgan fingerprint density at radius 2 is 2.53 bits per heavy atom. The highest BCUT2D eigenvalue weighted by atomic mass is 16.2. The quantitative estimate of drug-likeness (QED) is 0.607. The maximum Gasteiger partial charge on any atom is 0.242 e. The molecule has 2 aromatic heterocycles. The van der Waals surface area contributed by atoms with Gasteiger partial charge < -0.3 is 5.32 Å². The Morgan fingerprint density at radius 1 is 1.60 bits per heavy atom. The number of nitrogens with zero attached hydrogens (tertiary/aromatic N) is 6. The maximum absolute atomic E-state index is 11.3. The molecule has 0 aliphatic heterocycles. The molecule has 0 saturated carbocycles. The van der Waals surface area contributed by atoms with Gasteiger partial charge in [0.15, 0.2) is 0 Å². The maximum atomic E-state index is 11.3. The molecular weight excluding hydrogens is 200 g/mol. The Labute approximate surface area is 83.9 Å². The highest BCUT2D eigenvalue weighted by Gasteiger charge is 2.04. The number of carbonyl (C=O) groups is 1. The van der Waals surface area contributed by atoms with Crippen molar-refractivity contribution < 1.29 is 4.79 Å². The first kappa shape index (κ1) is 9.24. The van der Waals surface area contributed by atoms with Crippen molar-refractivity contribution in [3.63, 3.8) is 0 Å². The number of carbonyl (C=O) groups excluding carboxylic acids is 1. The van der Waals surface area contributed by atoms with Crippen LogP contribution in [0.5, 0.6) is 0 Å². The zero-order chi connectivity index (χ0) is 10.5. The lowest BCUT2D eigenvalue weighted by Gasteiger charge is -2.01. The number of aromatic amines is 1. The summed E-state index contributed by atoms with van der Waals surface area (Å²) in [4.78, 5) is 15.2. The lowest BCUT2D eigenvalue weighted by atomic mass is 10.5. The molecule has 0 atom stereocenters. The van der Waals surface area contributed by atoms with Gasteiger partial charge in [-0.1, -0.05) is 0 Å². The van der Waals surface area contributed by atoms with E-state index in [0.717, 1.165) is 0 Å². The second kappa shape index (κ2) is 4.26. The summed E-state index contributed by atoms with van der Waals surface area (Å²) < 4.78 is 1.33. The molecule has 2 rings (SSSR count). The van der Waals surface area contributed by atoms with Crippen LogP contribution in [-0.2, 0) is 17.9 Å². The first-order valence-corrected chi connectivity index (χ1v) is 4.16. The zero-order valence-corrected chi connectivity index (χ0v) is 7.66. The van der Waals surface area contributed by atoms with Crippen molar-refractivity contribution in [3.05, 3.63) is 18.5 Å². The van der Waals surface area contributed by atoms with Crippen molar-refractivity contribution in [2.75, 3.05) is 0 Å². The molecule has 0 radical (unpaired) electrons. The Kier molecular flexibility index (Phi) is 2.63. The number of aromatic nitrogens is 7. The van der Waals surface area contributed by atoms with Gasteiger partial charge in [-0.15, -0.1) is 5.10 Å². The van der Waals surface area contributed by atoms with Gasteiger partial charge in [-0.2, -0.15) is 5.10 Å². The second-order valence-corrected chi connectivity index (χ2v) is 2.72. The van der Waals surface area contributed by atoms with E-state index in [1.54, 1.807) is 0 Å². The van der Waals surface area contributed by atoms with E-state index in [2.05, 4.69) is 36.0 Å². The molecule has 0 unspecified atom stereocenters. The van der Waals surface area contributed by atoms with E-state index in [-0.39, 0.29) is 12.5 Å². The minimum absolute atomic E-state index is 0.0845. The van der Waals surface area contributed by atoms with Crippen molar-refractivity contribution >= 4 is 5.91 Å². The standard InChI is InChI=1S/C6H8N8O/c15-6(2-14-4-10-12-13-14)7-1-5-8-3-9-11-5/h3-4H,1-2H2,(H,7,15)(H,8,9,11). The molecule has 15 heavy (non-hydrogen) atoms. The van der Waals surface area contributed by atoms with Gasteiger partial charge >= 0.3 is 0 Å².